The molecule has 1 aliphatic rings. The van der Waals surface area contributed by atoms with Crippen molar-refractivity contribution < 1.29 is 9.90 Å². The van der Waals surface area contributed by atoms with E-state index in [9.17, 15) is 4.79 Å². The molecule has 1 aromatic carbocycles. The van der Waals surface area contributed by atoms with Crippen molar-refractivity contribution >= 4 is 23.4 Å². The van der Waals surface area contributed by atoms with Crippen molar-refractivity contribution in [3.63, 3.8) is 0 Å². The zero-order chi connectivity index (χ0) is 13.0. The number of benzene rings is 1. The molecule has 0 aliphatic carbocycles. The minimum atomic E-state index is -0.861. The van der Waals surface area contributed by atoms with Gasteiger partial charge in [-0.1, -0.05) is 0 Å². The minimum Gasteiger partial charge on any atom is -0.478 e. The van der Waals surface area contributed by atoms with E-state index in [0.29, 0.717) is 5.56 Å². The van der Waals surface area contributed by atoms with Gasteiger partial charge in [0.15, 0.2) is 0 Å². The molecule has 1 N–H and O–H groups in total. The van der Waals surface area contributed by atoms with E-state index in [1.165, 1.54) is 19.3 Å². The third kappa shape index (κ3) is 3.19. The summed E-state index contributed by atoms with van der Waals surface area (Å²) in [6, 6.07) is 7.22. The van der Waals surface area contributed by atoms with Crippen LogP contribution in [-0.4, -0.2) is 35.7 Å². The van der Waals surface area contributed by atoms with Crippen LogP contribution >= 0.6 is 11.8 Å². The summed E-state index contributed by atoms with van der Waals surface area (Å²) in [6.45, 7) is 2.14. The predicted octanol–water partition coefficient (Wildman–Crippen LogP) is 3.11. The largest absolute Gasteiger partial charge is 0.478 e. The highest BCUT2D eigenvalue weighted by Gasteiger charge is 2.16. The van der Waals surface area contributed by atoms with E-state index < -0.39 is 5.97 Å². The second-order valence-electron chi connectivity index (χ2n) is 4.63. The van der Waals surface area contributed by atoms with Crippen LogP contribution in [0.25, 0.3) is 0 Å². The number of anilines is 1. The SMILES string of the molecule is CSC1CCCN(c2ccc(C(=O)O)cc2)CC1. The Bertz CT molecular complexity index is 405. The minimum absolute atomic E-state index is 0.357. The topological polar surface area (TPSA) is 40.5 Å². The van der Waals surface area contributed by atoms with E-state index in [1.807, 2.05) is 23.9 Å². The van der Waals surface area contributed by atoms with Gasteiger partial charge in [0.05, 0.1) is 5.56 Å². The highest BCUT2D eigenvalue weighted by molar-refractivity contribution is 7.99. The Morgan fingerprint density at radius 1 is 1.28 bits per heavy atom. The molecule has 1 fully saturated rings. The first-order valence-corrected chi connectivity index (χ1v) is 7.60. The summed E-state index contributed by atoms with van der Waals surface area (Å²) in [4.78, 5) is 13.2. The monoisotopic (exact) mass is 265 g/mol. The molecule has 0 radical (unpaired) electrons. The molecule has 3 nitrogen and oxygen atoms in total. The molecule has 4 heteroatoms. The Balaban J connectivity index is 2.04. The van der Waals surface area contributed by atoms with E-state index in [1.54, 1.807) is 12.1 Å². The van der Waals surface area contributed by atoms with Gasteiger partial charge in [-0.15, -0.1) is 0 Å². The number of carbonyl (C=O) groups is 1. The van der Waals surface area contributed by atoms with Crippen LogP contribution in [0.3, 0.4) is 0 Å². The number of carboxylic acid groups (broad SMARTS) is 1. The molecule has 1 aliphatic heterocycles. The molecule has 1 aromatic rings. The maximum atomic E-state index is 10.8. The summed E-state index contributed by atoms with van der Waals surface area (Å²) in [5.74, 6) is -0.861. The normalized spacial score (nSPS) is 20.5. The smallest absolute Gasteiger partial charge is 0.335 e. The number of aromatic carboxylic acids is 1. The van der Waals surface area contributed by atoms with Crippen molar-refractivity contribution in [2.24, 2.45) is 0 Å². The number of carboxylic acids is 1. The first-order chi connectivity index (χ1) is 8.70. The third-order valence-corrected chi connectivity index (χ3v) is 4.63. The number of rotatable bonds is 3. The predicted molar refractivity (Wildman–Crippen MR) is 76.8 cm³/mol. The summed E-state index contributed by atoms with van der Waals surface area (Å²) in [5, 5.41) is 9.65. The van der Waals surface area contributed by atoms with Crippen molar-refractivity contribution in [3.8, 4) is 0 Å². The molecular weight excluding hydrogens is 246 g/mol. The molecule has 2 rings (SSSR count). The fraction of sp³-hybridized carbons (Fsp3) is 0.500. The van der Waals surface area contributed by atoms with E-state index in [4.69, 9.17) is 5.11 Å². The van der Waals surface area contributed by atoms with E-state index in [-0.39, 0.29) is 0 Å². The van der Waals surface area contributed by atoms with Gasteiger partial charge in [0, 0.05) is 24.0 Å². The van der Waals surface area contributed by atoms with Gasteiger partial charge in [-0.3, -0.25) is 0 Å². The molecule has 1 heterocycles. The molecular formula is C14H19NO2S. The molecule has 0 bridgehead atoms. The molecule has 18 heavy (non-hydrogen) atoms. The maximum absolute atomic E-state index is 10.8. The molecule has 1 atom stereocenters. The zero-order valence-electron chi connectivity index (χ0n) is 10.6. The van der Waals surface area contributed by atoms with Crippen LogP contribution in [0.2, 0.25) is 0 Å². The van der Waals surface area contributed by atoms with Crippen LogP contribution in [0.4, 0.5) is 5.69 Å². The first-order valence-electron chi connectivity index (χ1n) is 6.32. The van der Waals surface area contributed by atoms with Crippen molar-refractivity contribution in [2.45, 2.75) is 24.5 Å². The fourth-order valence-corrected chi connectivity index (χ4v) is 3.12. The number of hydrogen-bond acceptors (Lipinski definition) is 3. The average molecular weight is 265 g/mol. The van der Waals surface area contributed by atoms with Crippen LogP contribution in [0.5, 0.6) is 0 Å². The molecule has 1 unspecified atom stereocenters. The van der Waals surface area contributed by atoms with Crippen molar-refractivity contribution in [1.29, 1.82) is 0 Å². The average Bonchev–Trinajstić information content (AvgIpc) is 2.64. The van der Waals surface area contributed by atoms with Crippen molar-refractivity contribution in [2.75, 3.05) is 24.2 Å². The third-order valence-electron chi connectivity index (χ3n) is 3.49. The lowest BCUT2D eigenvalue weighted by atomic mass is 10.2. The summed E-state index contributed by atoms with van der Waals surface area (Å²) in [7, 11) is 0. The van der Waals surface area contributed by atoms with E-state index in [0.717, 1.165) is 24.0 Å². The Kier molecular flexibility index (Phi) is 4.53. The lowest BCUT2D eigenvalue weighted by Gasteiger charge is -2.22. The van der Waals surface area contributed by atoms with Crippen LogP contribution in [0.15, 0.2) is 24.3 Å². The summed E-state index contributed by atoms with van der Waals surface area (Å²) in [6.07, 6.45) is 5.89. The number of nitrogens with zero attached hydrogens (tertiary/aromatic N) is 1. The Labute approximate surface area is 112 Å². The Hall–Kier alpha value is -1.16. The molecule has 0 aromatic heterocycles. The van der Waals surface area contributed by atoms with Gasteiger partial charge in [-0.25, -0.2) is 4.79 Å². The molecule has 0 saturated carbocycles. The quantitative estimate of drug-likeness (QED) is 0.911. The summed E-state index contributed by atoms with van der Waals surface area (Å²) < 4.78 is 0. The van der Waals surface area contributed by atoms with E-state index in [2.05, 4.69) is 11.2 Å². The highest BCUT2D eigenvalue weighted by Crippen LogP contribution is 2.25. The van der Waals surface area contributed by atoms with Crippen LogP contribution in [0.1, 0.15) is 29.6 Å². The lowest BCUT2D eigenvalue weighted by Crippen LogP contribution is -2.24. The highest BCUT2D eigenvalue weighted by atomic mass is 32.2. The van der Waals surface area contributed by atoms with Crippen LogP contribution in [0, 0.1) is 0 Å². The molecule has 0 amide bonds. The van der Waals surface area contributed by atoms with Gasteiger partial charge >= 0.3 is 5.97 Å². The first kappa shape index (κ1) is 13.3. The second kappa shape index (κ2) is 6.14. The van der Waals surface area contributed by atoms with Gasteiger partial charge in [-0.05, 0) is 49.8 Å². The zero-order valence-corrected chi connectivity index (χ0v) is 11.4. The van der Waals surface area contributed by atoms with Gasteiger partial charge in [0.25, 0.3) is 0 Å². The maximum Gasteiger partial charge on any atom is 0.335 e. The van der Waals surface area contributed by atoms with Crippen LogP contribution in [-0.2, 0) is 0 Å². The molecule has 0 spiro atoms. The van der Waals surface area contributed by atoms with Crippen LogP contribution < -0.4 is 4.90 Å². The van der Waals surface area contributed by atoms with Gasteiger partial charge in [0.2, 0.25) is 0 Å². The van der Waals surface area contributed by atoms with Gasteiger partial charge in [-0.2, -0.15) is 11.8 Å². The Morgan fingerprint density at radius 3 is 2.61 bits per heavy atom. The number of thioether (sulfide) groups is 1. The number of hydrogen-bond donors (Lipinski definition) is 1. The summed E-state index contributed by atoms with van der Waals surface area (Å²) in [5.41, 5.74) is 1.50. The van der Waals surface area contributed by atoms with Gasteiger partial charge in [0.1, 0.15) is 0 Å². The molecule has 98 valence electrons. The molecule has 1 saturated heterocycles. The van der Waals surface area contributed by atoms with Crippen molar-refractivity contribution in [3.05, 3.63) is 29.8 Å². The van der Waals surface area contributed by atoms with E-state index >= 15 is 0 Å². The Morgan fingerprint density at radius 2 is 2.00 bits per heavy atom. The second-order valence-corrected chi connectivity index (χ2v) is 5.77. The van der Waals surface area contributed by atoms with Gasteiger partial charge < -0.3 is 10.0 Å². The van der Waals surface area contributed by atoms with Crippen molar-refractivity contribution in [1.82, 2.24) is 0 Å². The summed E-state index contributed by atoms with van der Waals surface area (Å²) >= 11 is 1.96. The fourth-order valence-electron chi connectivity index (χ4n) is 2.37. The standard InChI is InChI=1S/C14H19NO2S/c1-18-13-3-2-9-15(10-8-13)12-6-4-11(5-7-12)14(16)17/h4-7,13H,2-3,8-10H2,1H3,(H,16,17). The lowest BCUT2D eigenvalue weighted by molar-refractivity contribution is 0.0697.